The second kappa shape index (κ2) is 7.68. The van der Waals surface area contributed by atoms with Crippen molar-refractivity contribution in [2.75, 3.05) is 10.6 Å². The van der Waals surface area contributed by atoms with E-state index in [-0.39, 0.29) is 11.6 Å². The van der Waals surface area contributed by atoms with E-state index in [1.54, 1.807) is 31.2 Å². The molecule has 26 heavy (non-hydrogen) atoms. The molecule has 0 aliphatic carbocycles. The molecular weight excluding hydrogens is 378 g/mol. The third-order valence-corrected chi connectivity index (χ3v) is 3.89. The van der Waals surface area contributed by atoms with Gasteiger partial charge < -0.3 is 10.6 Å². The molecule has 0 aliphatic rings. The van der Waals surface area contributed by atoms with Gasteiger partial charge in [-0.1, -0.05) is 29.3 Å². The summed E-state index contributed by atoms with van der Waals surface area (Å²) >= 11 is 11.9. The molecule has 2 N–H and O–H groups in total. The molecule has 0 bridgehead atoms. The Hall–Kier alpha value is -2.70. The van der Waals surface area contributed by atoms with Crippen LogP contribution in [0.3, 0.4) is 0 Å². The Morgan fingerprint density at radius 2 is 1.88 bits per heavy atom. The van der Waals surface area contributed by atoms with E-state index < -0.39 is 11.7 Å². The van der Waals surface area contributed by atoms with E-state index in [9.17, 15) is 9.18 Å². The summed E-state index contributed by atoms with van der Waals surface area (Å²) in [7, 11) is 0. The van der Waals surface area contributed by atoms with Gasteiger partial charge in [0.05, 0.1) is 10.7 Å². The molecule has 132 valence electrons. The van der Waals surface area contributed by atoms with Crippen LogP contribution in [0.1, 0.15) is 16.2 Å². The van der Waals surface area contributed by atoms with Gasteiger partial charge in [-0.2, -0.15) is 0 Å². The van der Waals surface area contributed by atoms with Crippen molar-refractivity contribution in [1.82, 2.24) is 9.97 Å². The van der Waals surface area contributed by atoms with Crippen LogP contribution < -0.4 is 10.6 Å². The lowest BCUT2D eigenvalue weighted by Crippen LogP contribution is -2.15. The molecule has 0 aliphatic heterocycles. The first kappa shape index (κ1) is 18.1. The van der Waals surface area contributed by atoms with Crippen molar-refractivity contribution in [3.63, 3.8) is 0 Å². The highest BCUT2D eigenvalue weighted by Gasteiger charge is 2.13. The molecule has 0 radical (unpaired) electrons. The number of anilines is 3. The summed E-state index contributed by atoms with van der Waals surface area (Å²) in [5.74, 6) is -0.664. The maximum atomic E-state index is 13.3. The van der Waals surface area contributed by atoms with E-state index in [1.807, 2.05) is 0 Å². The number of nitrogens with zero attached hydrogens (tertiary/aromatic N) is 2. The second-order valence-electron chi connectivity index (χ2n) is 5.43. The first-order valence-electron chi connectivity index (χ1n) is 7.55. The zero-order valence-electron chi connectivity index (χ0n) is 13.6. The highest BCUT2D eigenvalue weighted by molar-refractivity contribution is 6.36. The lowest BCUT2D eigenvalue weighted by molar-refractivity contribution is 0.102. The number of carbonyl (C=O) groups excluding carboxylic acids is 1. The molecule has 2 aromatic carbocycles. The highest BCUT2D eigenvalue weighted by atomic mass is 35.5. The summed E-state index contributed by atoms with van der Waals surface area (Å²) in [5.41, 5.74) is 1.60. The fourth-order valence-electron chi connectivity index (χ4n) is 2.21. The van der Waals surface area contributed by atoms with Crippen molar-refractivity contribution in [2.24, 2.45) is 0 Å². The standard InChI is InChI=1S/C18H13Cl2FN4O/c1-10-7-16(17(26)24-15-6-5-11(19)8-14(15)20)25-18(22-10)23-13-4-2-3-12(21)9-13/h2-9H,1H3,(H,24,26)(H,22,23,25). The molecule has 3 rings (SSSR count). The Labute approximate surface area is 159 Å². The Morgan fingerprint density at radius 1 is 1.08 bits per heavy atom. The first-order valence-corrected chi connectivity index (χ1v) is 8.31. The molecular formula is C18H13Cl2FN4O. The van der Waals surface area contributed by atoms with E-state index in [2.05, 4.69) is 20.6 Å². The van der Waals surface area contributed by atoms with Crippen molar-refractivity contribution in [1.29, 1.82) is 0 Å². The Kier molecular flexibility index (Phi) is 5.35. The number of rotatable bonds is 4. The minimum absolute atomic E-state index is 0.141. The summed E-state index contributed by atoms with van der Waals surface area (Å²) in [6.07, 6.45) is 0. The van der Waals surface area contributed by atoms with E-state index in [1.165, 1.54) is 24.3 Å². The van der Waals surface area contributed by atoms with Gasteiger partial charge in [0.15, 0.2) is 0 Å². The molecule has 0 unspecified atom stereocenters. The van der Waals surface area contributed by atoms with E-state index >= 15 is 0 Å². The van der Waals surface area contributed by atoms with Crippen LogP contribution >= 0.6 is 23.2 Å². The van der Waals surface area contributed by atoms with Crippen LogP contribution in [-0.4, -0.2) is 15.9 Å². The number of halogens is 3. The zero-order chi connectivity index (χ0) is 18.7. The minimum atomic E-state index is -0.456. The quantitative estimate of drug-likeness (QED) is 0.640. The summed E-state index contributed by atoms with van der Waals surface area (Å²) in [4.78, 5) is 20.9. The summed E-state index contributed by atoms with van der Waals surface area (Å²) in [6.45, 7) is 1.73. The average molecular weight is 391 g/mol. The summed E-state index contributed by atoms with van der Waals surface area (Å²) < 4.78 is 13.3. The Bertz CT molecular complexity index is 981. The van der Waals surface area contributed by atoms with Gasteiger partial charge in [-0.25, -0.2) is 14.4 Å². The molecule has 0 fully saturated rings. The van der Waals surface area contributed by atoms with Crippen LogP contribution in [0.25, 0.3) is 0 Å². The number of aryl methyl sites for hydroxylation is 1. The van der Waals surface area contributed by atoms with Gasteiger partial charge >= 0.3 is 0 Å². The Balaban J connectivity index is 1.83. The van der Waals surface area contributed by atoms with Gasteiger partial charge in [-0.05, 0) is 49.4 Å². The lowest BCUT2D eigenvalue weighted by atomic mass is 10.2. The number of hydrogen-bond acceptors (Lipinski definition) is 4. The van der Waals surface area contributed by atoms with E-state index in [0.29, 0.717) is 27.1 Å². The number of hydrogen-bond donors (Lipinski definition) is 2. The van der Waals surface area contributed by atoms with Gasteiger partial charge in [0.25, 0.3) is 5.91 Å². The van der Waals surface area contributed by atoms with Crippen LogP contribution in [0.15, 0.2) is 48.5 Å². The molecule has 5 nitrogen and oxygen atoms in total. The molecule has 8 heteroatoms. The lowest BCUT2D eigenvalue weighted by Gasteiger charge is -2.10. The molecule has 1 heterocycles. The monoisotopic (exact) mass is 390 g/mol. The Morgan fingerprint density at radius 3 is 2.62 bits per heavy atom. The third-order valence-electron chi connectivity index (χ3n) is 3.35. The van der Waals surface area contributed by atoms with Crippen molar-refractivity contribution >= 4 is 46.4 Å². The first-order chi connectivity index (χ1) is 12.4. The molecule has 0 spiro atoms. The second-order valence-corrected chi connectivity index (χ2v) is 6.28. The maximum Gasteiger partial charge on any atom is 0.274 e. The van der Waals surface area contributed by atoms with E-state index in [0.717, 1.165) is 0 Å². The zero-order valence-corrected chi connectivity index (χ0v) is 15.1. The third kappa shape index (κ3) is 4.47. The highest BCUT2D eigenvalue weighted by Crippen LogP contribution is 2.26. The maximum absolute atomic E-state index is 13.3. The van der Waals surface area contributed by atoms with Crippen molar-refractivity contribution in [3.8, 4) is 0 Å². The number of nitrogens with one attached hydrogen (secondary N) is 2. The van der Waals surface area contributed by atoms with Crippen LogP contribution in [0.4, 0.5) is 21.7 Å². The van der Waals surface area contributed by atoms with Crippen molar-refractivity contribution < 1.29 is 9.18 Å². The minimum Gasteiger partial charge on any atom is -0.324 e. The summed E-state index contributed by atoms with van der Waals surface area (Å²) in [5, 5.41) is 6.33. The predicted molar refractivity (Wildman–Crippen MR) is 101 cm³/mol. The van der Waals surface area contributed by atoms with Gasteiger partial charge in [-0.15, -0.1) is 0 Å². The van der Waals surface area contributed by atoms with Crippen molar-refractivity contribution in [3.05, 3.63) is 75.8 Å². The molecule has 1 aromatic heterocycles. The van der Waals surface area contributed by atoms with Gasteiger partial charge in [0.2, 0.25) is 5.95 Å². The topological polar surface area (TPSA) is 66.9 Å². The predicted octanol–water partition coefficient (Wildman–Crippen LogP) is 5.23. The van der Waals surface area contributed by atoms with Crippen LogP contribution in [-0.2, 0) is 0 Å². The van der Waals surface area contributed by atoms with Crippen molar-refractivity contribution in [2.45, 2.75) is 6.92 Å². The van der Waals surface area contributed by atoms with Crippen LogP contribution in [0, 0.1) is 12.7 Å². The summed E-state index contributed by atoms with van der Waals surface area (Å²) in [6, 6.07) is 12.1. The SMILES string of the molecule is Cc1cc(C(=O)Nc2ccc(Cl)cc2Cl)nc(Nc2cccc(F)c2)n1. The van der Waals surface area contributed by atoms with Crippen LogP contribution in [0.2, 0.25) is 10.0 Å². The number of carbonyl (C=O) groups is 1. The van der Waals surface area contributed by atoms with Crippen LogP contribution in [0.5, 0.6) is 0 Å². The molecule has 0 saturated heterocycles. The van der Waals surface area contributed by atoms with E-state index in [4.69, 9.17) is 23.2 Å². The number of amides is 1. The largest absolute Gasteiger partial charge is 0.324 e. The molecule has 1 amide bonds. The number of benzene rings is 2. The smallest absolute Gasteiger partial charge is 0.274 e. The normalized spacial score (nSPS) is 10.5. The van der Waals surface area contributed by atoms with Gasteiger partial charge in [0, 0.05) is 16.4 Å². The molecule has 0 saturated carbocycles. The fourth-order valence-corrected chi connectivity index (χ4v) is 2.67. The van der Waals surface area contributed by atoms with Gasteiger partial charge in [-0.3, -0.25) is 4.79 Å². The average Bonchev–Trinajstić information content (AvgIpc) is 2.57. The fraction of sp³-hybridized carbons (Fsp3) is 0.0556. The number of aromatic nitrogens is 2. The molecule has 0 atom stereocenters. The van der Waals surface area contributed by atoms with Gasteiger partial charge in [0.1, 0.15) is 11.5 Å². The molecule has 3 aromatic rings.